The minimum absolute atomic E-state index is 0.0853. The number of hydrogen-bond donors (Lipinski definition) is 1. The number of methoxy groups -OCH3 is 1. The summed E-state index contributed by atoms with van der Waals surface area (Å²) < 4.78 is 5.19. The number of rotatable bonds is 4. The standard InChI is InChI=1S/C14H22ClN3O/c1-10-5-4-6-14(8-10,9-15)18-13-16-11(2)7-12(17-13)19-3/h7,10H,4-6,8-9H2,1-3H3,(H,16,17,18). The molecule has 2 atom stereocenters. The summed E-state index contributed by atoms with van der Waals surface area (Å²) in [5.74, 6) is 2.47. The van der Waals surface area contributed by atoms with Gasteiger partial charge in [0.1, 0.15) is 0 Å². The van der Waals surface area contributed by atoms with Gasteiger partial charge in [0, 0.05) is 17.6 Å². The largest absolute Gasteiger partial charge is 0.481 e. The Morgan fingerprint density at radius 3 is 2.95 bits per heavy atom. The molecule has 1 N–H and O–H groups in total. The third-order valence-electron chi connectivity index (χ3n) is 3.76. The first-order valence-corrected chi connectivity index (χ1v) is 7.34. The molecule has 0 amide bonds. The molecule has 1 aromatic rings. The van der Waals surface area contributed by atoms with Crippen LogP contribution in [0, 0.1) is 12.8 Å². The van der Waals surface area contributed by atoms with Crippen molar-refractivity contribution in [2.24, 2.45) is 5.92 Å². The number of nitrogens with one attached hydrogen (secondary N) is 1. The molecule has 2 rings (SSSR count). The van der Waals surface area contributed by atoms with E-state index in [1.54, 1.807) is 7.11 Å². The van der Waals surface area contributed by atoms with Crippen LogP contribution in [0.4, 0.5) is 5.95 Å². The van der Waals surface area contributed by atoms with E-state index in [1.807, 2.05) is 13.0 Å². The Balaban J connectivity index is 2.20. The minimum atomic E-state index is -0.0853. The molecular weight excluding hydrogens is 262 g/mol. The highest BCUT2D eigenvalue weighted by molar-refractivity contribution is 6.18. The molecule has 106 valence electrons. The topological polar surface area (TPSA) is 47.0 Å². The normalized spacial score (nSPS) is 27.1. The summed E-state index contributed by atoms with van der Waals surface area (Å²) in [6, 6.07) is 1.82. The van der Waals surface area contributed by atoms with Gasteiger partial charge in [-0.2, -0.15) is 4.98 Å². The molecule has 0 aromatic carbocycles. The van der Waals surface area contributed by atoms with Crippen molar-refractivity contribution in [1.29, 1.82) is 0 Å². The number of ether oxygens (including phenoxy) is 1. The molecule has 4 nitrogen and oxygen atoms in total. The first-order valence-electron chi connectivity index (χ1n) is 6.81. The maximum absolute atomic E-state index is 6.22. The smallest absolute Gasteiger partial charge is 0.226 e. The van der Waals surface area contributed by atoms with Crippen molar-refractivity contribution in [3.63, 3.8) is 0 Å². The summed E-state index contributed by atoms with van der Waals surface area (Å²) in [5.41, 5.74) is 0.806. The van der Waals surface area contributed by atoms with Crippen molar-refractivity contribution in [2.75, 3.05) is 18.3 Å². The Hall–Kier alpha value is -1.03. The van der Waals surface area contributed by atoms with Gasteiger partial charge in [0.2, 0.25) is 11.8 Å². The van der Waals surface area contributed by atoms with E-state index in [0.717, 1.165) is 18.5 Å². The van der Waals surface area contributed by atoms with Crippen molar-refractivity contribution in [3.05, 3.63) is 11.8 Å². The van der Waals surface area contributed by atoms with E-state index in [0.29, 0.717) is 23.6 Å². The van der Waals surface area contributed by atoms with Gasteiger partial charge in [-0.3, -0.25) is 0 Å². The maximum Gasteiger partial charge on any atom is 0.226 e. The Kier molecular flexibility index (Phi) is 4.50. The zero-order valence-corrected chi connectivity index (χ0v) is 12.6. The third kappa shape index (κ3) is 3.50. The molecule has 0 radical (unpaired) electrons. The summed E-state index contributed by atoms with van der Waals surface area (Å²) in [5, 5.41) is 3.46. The van der Waals surface area contributed by atoms with Crippen molar-refractivity contribution in [3.8, 4) is 5.88 Å². The monoisotopic (exact) mass is 283 g/mol. The minimum Gasteiger partial charge on any atom is -0.481 e. The second-order valence-corrected chi connectivity index (χ2v) is 5.88. The van der Waals surface area contributed by atoms with Crippen LogP contribution in [-0.2, 0) is 0 Å². The van der Waals surface area contributed by atoms with Gasteiger partial charge in [0.15, 0.2) is 0 Å². The first-order chi connectivity index (χ1) is 9.07. The molecule has 1 saturated carbocycles. The highest BCUT2D eigenvalue weighted by Crippen LogP contribution is 2.35. The van der Waals surface area contributed by atoms with E-state index < -0.39 is 0 Å². The fourth-order valence-corrected chi connectivity index (χ4v) is 3.18. The van der Waals surface area contributed by atoms with Gasteiger partial charge in [0.25, 0.3) is 0 Å². The van der Waals surface area contributed by atoms with Gasteiger partial charge in [-0.15, -0.1) is 11.6 Å². The molecule has 1 aliphatic rings. The molecule has 0 bridgehead atoms. The average molecular weight is 284 g/mol. The number of alkyl halides is 1. The molecule has 0 aliphatic heterocycles. The number of halogens is 1. The van der Waals surface area contributed by atoms with Crippen LogP contribution in [0.2, 0.25) is 0 Å². The summed E-state index contributed by atoms with van der Waals surface area (Å²) in [6.07, 6.45) is 4.61. The Labute approximate surface area is 119 Å². The quantitative estimate of drug-likeness (QED) is 0.861. The van der Waals surface area contributed by atoms with Crippen molar-refractivity contribution >= 4 is 17.5 Å². The average Bonchev–Trinajstić information content (AvgIpc) is 2.38. The van der Waals surface area contributed by atoms with Crippen molar-refractivity contribution in [1.82, 2.24) is 9.97 Å². The second kappa shape index (κ2) is 5.95. The van der Waals surface area contributed by atoms with Crippen molar-refractivity contribution in [2.45, 2.75) is 45.1 Å². The lowest BCUT2D eigenvalue weighted by Gasteiger charge is -2.39. The lowest BCUT2D eigenvalue weighted by atomic mass is 9.77. The molecule has 2 unspecified atom stereocenters. The summed E-state index contributed by atoms with van der Waals surface area (Å²) >= 11 is 6.22. The predicted molar refractivity (Wildman–Crippen MR) is 78.0 cm³/mol. The highest BCUT2D eigenvalue weighted by Gasteiger charge is 2.34. The third-order valence-corrected chi connectivity index (χ3v) is 4.28. The van der Waals surface area contributed by atoms with E-state index in [-0.39, 0.29) is 5.54 Å². The van der Waals surface area contributed by atoms with Gasteiger partial charge in [-0.05, 0) is 25.7 Å². The molecule has 0 spiro atoms. The van der Waals surface area contributed by atoms with E-state index in [4.69, 9.17) is 16.3 Å². The second-order valence-electron chi connectivity index (χ2n) is 5.62. The van der Waals surface area contributed by atoms with Crippen LogP contribution in [0.25, 0.3) is 0 Å². The van der Waals surface area contributed by atoms with Crippen LogP contribution in [0.15, 0.2) is 6.07 Å². The van der Waals surface area contributed by atoms with Crippen LogP contribution >= 0.6 is 11.6 Å². The van der Waals surface area contributed by atoms with Crippen LogP contribution < -0.4 is 10.1 Å². The van der Waals surface area contributed by atoms with E-state index in [2.05, 4.69) is 22.2 Å². The van der Waals surface area contributed by atoms with Crippen LogP contribution in [-0.4, -0.2) is 28.5 Å². The number of aromatic nitrogens is 2. The molecule has 19 heavy (non-hydrogen) atoms. The van der Waals surface area contributed by atoms with Gasteiger partial charge in [0.05, 0.1) is 12.6 Å². The Bertz CT molecular complexity index is 441. The fourth-order valence-electron chi connectivity index (χ4n) is 2.87. The van der Waals surface area contributed by atoms with Crippen LogP contribution in [0.5, 0.6) is 5.88 Å². The molecule has 1 fully saturated rings. The van der Waals surface area contributed by atoms with E-state index in [9.17, 15) is 0 Å². The number of anilines is 1. The maximum atomic E-state index is 6.22. The molecule has 0 saturated heterocycles. The number of aryl methyl sites for hydroxylation is 1. The molecular formula is C14H22ClN3O. The Morgan fingerprint density at radius 1 is 1.53 bits per heavy atom. The van der Waals surface area contributed by atoms with Crippen molar-refractivity contribution < 1.29 is 4.74 Å². The summed E-state index contributed by atoms with van der Waals surface area (Å²) in [7, 11) is 1.62. The number of hydrogen-bond acceptors (Lipinski definition) is 4. The van der Waals surface area contributed by atoms with Gasteiger partial charge in [-0.25, -0.2) is 4.98 Å². The fraction of sp³-hybridized carbons (Fsp3) is 0.714. The summed E-state index contributed by atoms with van der Waals surface area (Å²) in [6.45, 7) is 4.21. The van der Waals surface area contributed by atoms with E-state index in [1.165, 1.54) is 12.8 Å². The Morgan fingerprint density at radius 2 is 2.32 bits per heavy atom. The molecule has 1 aromatic heterocycles. The number of nitrogens with zero attached hydrogens (tertiary/aromatic N) is 2. The molecule has 1 aliphatic carbocycles. The first kappa shape index (κ1) is 14.4. The van der Waals surface area contributed by atoms with Gasteiger partial charge < -0.3 is 10.1 Å². The SMILES string of the molecule is COc1cc(C)nc(NC2(CCl)CCCC(C)C2)n1. The molecule has 1 heterocycles. The summed E-state index contributed by atoms with van der Waals surface area (Å²) in [4.78, 5) is 8.79. The molecule has 5 heteroatoms. The van der Waals surface area contributed by atoms with Gasteiger partial charge in [-0.1, -0.05) is 19.8 Å². The zero-order chi connectivity index (χ0) is 13.9. The zero-order valence-electron chi connectivity index (χ0n) is 11.9. The lowest BCUT2D eigenvalue weighted by Crippen LogP contribution is -2.44. The highest BCUT2D eigenvalue weighted by atomic mass is 35.5. The van der Waals surface area contributed by atoms with E-state index >= 15 is 0 Å². The van der Waals surface area contributed by atoms with Gasteiger partial charge >= 0.3 is 0 Å². The predicted octanol–water partition coefficient (Wildman–Crippen LogP) is 3.39. The van der Waals surface area contributed by atoms with Crippen LogP contribution in [0.3, 0.4) is 0 Å². The lowest BCUT2D eigenvalue weighted by molar-refractivity contribution is 0.278. The van der Waals surface area contributed by atoms with Crippen LogP contribution in [0.1, 0.15) is 38.3 Å².